The van der Waals surface area contributed by atoms with E-state index in [-0.39, 0.29) is 5.91 Å². The standard InChI is InChI=1S/C23H24N4O/c28-23(17-19-7-3-1-4-8-19)25-20-11-12-22(24-18-20)27-15-13-26(14-16-27)21-9-5-2-6-10-21/h1-12,18H,13-17H2,(H,25,28). The lowest BCUT2D eigenvalue weighted by Gasteiger charge is -2.36. The van der Waals surface area contributed by atoms with Gasteiger partial charge in [0.2, 0.25) is 5.91 Å². The van der Waals surface area contributed by atoms with Crippen LogP contribution in [0.15, 0.2) is 79.0 Å². The number of nitrogens with zero attached hydrogens (tertiary/aromatic N) is 3. The molecule has 0 bridgehead atoms. The second-order valence-electron chi connectivity index (χ2n) is 6.93. The van der Waals surface area contributed by atoms with Crippen molar-refractivity contribution >= 4 is 23.1 Å². The van der Waals surface area contributed by atoms with Gasteiger partial charge in [-0.1, -0.05) is 48.5 Å². The number of carbonyl (C=O) groups is 1. The first-order chi connectivity index (χ1) is 13.8. The summed E-state index contributed by atoms with van der Waals surface area (Å²) in [4.78, 5) is 21.4. The van der Waals surface area contributed by atoms with Crippen LogP contribution in [0.25, 0.3) is 0 Å². The fourth-order valence-electron chi connectivity index (χ4n) is 3.47. The van der Waals surface area contributed by atoms with Gasteiger partial charge in [0.25, 0.3) is 0 Å². The summed E-state index contributed by atoms with van der Waals surface area (Å²) in [6.07, 6.45) is 2.10. The number of anilines is 3. The Labute approximate surface area is 165 Å². The molecule has 1 aliphatic heterocycles. The lowest BCUT2D eigenvalue weighted by molar-refractivity contribution is -0.115. The van der Waals surface area contributed by atoms with Gasteiger partial charge in [-0.3, -0.25) is 4.79 Å². The van der Waals surface area contributed by atoms with Gasteiger partial charge in [0.1, 0.15) is 5.82 Å². The highest BCUT2D eigenvalue weighted by atomic mass is 16.1. The number of piperazine rings is 1. The number of rotatable bonds is 5. The van der Waals surface area contributed by atoms with Gasteiger partial charge in [0, 0.05) is 31.9 Å². The molecule has 3 aromatic rings. The van der Waals surface area contributed by atoms with Crippen LogP contribution in [-0.2, 0) is 11.2 Å². The number of para-hydroxylation sites is 1. The first-order valence-electron chi connectivity index (χ1n) is 9.63. The van der Waals surface area contributed by atoms with Gasteiger partial charge in [0.15, 0.2) is 0 Å². The Morgan fingerprint density at radius 1 is 0.821 bits per heavy atom. The van der Waals surface area contributed by atoms with Gasteiger partial charge in [-0.25, -0.2) is 4.98 Å². The average Bonchev–Trinajstić information content (AvgIpc) is 2.76. The van der Waals surface area contributed by atoms with Gasteiger partial charge in [-0.2, -0.15) is 0 Å². The summed E-state index contributed by atoms with van der Waals surface area (Å²) in [6.45, 7) is 3.81. The molecule has 2 heterocycles. The fourth-order valence-corrected chi connectivity index (χ4v) is 3.47. The van der Waals surface area contributed by atoms with E-state index >= 15 is 0 Å². The fraction of sp³-hybridized carbons (Fsp3) is 0.217. The number of hydrogen-bond donors (Lipinski definition) is 1. The van der Waals surface area contributed by atoms with Crippen molar-refractivity contribution in [2.45, 2.75) is 6.42 Å². The molecule has 0 radical (unpaired) electrons. The van der Waals surface area contributed by atoms with Crippen LogP contribution in [-0.4, -0.2) is 37.1 Å². The molecular formula is C23H24N4O. The molecule has 1 aromatic heterocycles. The zero-order valence-electron chi connectivity index (χ0n) is 15.8. The lowest BCUT2D eigenvalue weighted by atomic mass is 10.1. The maximum Gasteiger partial charge on any atom is 0.228 e. The van der Waals surface area contributed by atoms with E-state index in [0.717, 1.165) is 43.2 Å². The third-order valence-electron chi connectivity index (χ3n) is 4.96. The van der Waals surface area contributed by atoms with Crippen molar-refractivity contribution in [3.8, 4) is 0 Å². The molecule has 28 heavy (non-hydrogen) atoms. The molecule has 0 aliphatic carbocycles. The molecular weight excluding hydrogens is 348 g/mol. The molecule has 1 amide bonds. The van der Waals surface area contributed by atoms with E-state index in [2.05, 4.69) is 44.4 Å². The minimum Gasteiger partial charge on any atom is -0.368 e. The van der Waals surface area contributed by atoms with Crippen molar-refractivity contribution in [3.63, 3.8) is 0 Å². The topological polar surface area (TPSA) is 48.5 Å². The highest BCUT2D eigenvalue weighted by Gasteiger charge is 2.18. The molecule has 0 saturated carbocycles. The van der Waals surface area contributed by atoms with E-state index in [9.17, 15) is 4.79 Å². The molecule has 1 fully saturated rings. The van der Waals surface area contributed by atoms with Crippen molar-refractivity contribution in [3.05, 3.63) is 84.6 Å². The Morgan fingerprint density at radius 3 is 2.11 bits per heavy atom. The summed E-state index contributed by atoms with van der Waals surface area (Å²) in [5, 5.41) is 2.92. The SMILES string of the molecule is O=C(Cc1ccccc1)Nc1ccc(N2CCN(c3ccccc3)CC2)nc1. The van der Waals surface area contributed by atoms with Gasteiger partial charge >= 0.3 is 0 Å². The first kappa shape index (κ1) is 18.0. The zero-order valence-corrected chi connectivity index (χ0v) is 15.8. The van der Waals surface area contributed by atoms with Crippen LogP contribution in [0, 0.1) is 0 Å². The summed E-state index contributed by atoms with van der Waals surface area (Å²) >= 11 is 0. The van der Waals surface area contributed by atoms with Crippen LogP contribution >= 0.6 is 0 Å². The number of carbonyl (C=O) groups excluding carboxylic acids is 1. The van der Waals surface area contributed by atoms with Crippen molar-refractivity contribution in [2.24, 2.45) is 0 Å². The molecule has 5 nitrogen and oxygen atoms in total. The average molecular weight is 372 g/mol. The Morgan fingerprint density at radius 2 is 1.46 bits per heavy atom. The number of amides is 1. The predicted molar refractivity (Wildman–Crippen MR) is 114 cm³/mol. The third kappa shape index (κ3) is 4.49. The molecule has 1 saturated heterocycles. The highest BCUT2D eigenvalue weighted by molar-refractivity contribution is 5.92. The van der Waals surface area contributed by atoms with Gasteiger partial charge in [0.05, 0.1) is 18.3 Å². The largest absolute Gasteiger partial charge is 0.368 e. The smallest absolute Gasteiger partial charge is 0.228 e. The quantitative estimate of drug-likeness (QED) is 0.744. The van der Waals surface area contributed by atoms with Crippen LogP contribution in [0.1, 0.15) is 5.56 Å². The summed E-state index contributed by atoms with van der Waals surface area (Å²) in [5.41, 5.74) is 3.00. The summed E-state index contributed by atoms with van der Waals surface area (Å²) in [7, 11) is 0. The summed E-state index contributed by atoms with van der Waals surface area (Å²) < 4.78 is 0. The van der Waals surface area contributed by atoms with Crippen LogP contribution in [0.5, 0.6) is 0 Å². The van der Waals surface area contributed by atoms with Crippen molar-refractivity contribution in [1.82, 2.24) is 4.98 Å². The van der Waals surface area contributed by atoms with Gasteiger partial charge in [-0.15, -0.1) is 0 Å². The third-order valence-corrected chi connectivity index (χ3v) is 4.96. The molecule has 1 N–H and O–H groups in total. The molecule has 0 spiro atoms. The number of hydrogen-bond acceptors (Lipinski definition) is 4. The van der Waals surface area contributed by atoms with Crippen molar-refractivity contribution in [1.29, 1.82) is 0 Å². The van der Waals surface area contributed by atoms with E-state index in [1.165, 1.54) is 5.69 Å². The molecule has 1 aliphatic rings. The molecule has 4 rings (SSSR count). The van der Waals surface area contributed by atoms with E-state index in [1.54, 1.807) is 6.20 Å². The van der Waals surface area contributed by atoms with Crippen LogP contribution in [0.3, 0.4) is 0 Å². The molecule has 0 unspecified atom stereocenters. The number of pyridine rings is 1. The summed E-state index contributed by atoms with van der Waals surface area (Å²) in [6, 6.07) is 24.2. The summed E-state index contributed by atoms with van der Waals surface area (Å²) in [5.74, 6) is 0.922. The Kier molecular flexibility index (Phi) is 5.52. The predicted octanol–water partition coefficient (Wildman–Crippen LogP) is 3.59. The Balaban J connectivity index is 1.31. The normalized spacial score (nSPS) is 14.0. The van der Waals surface area contributed by atoms with Crippen molar-refractivity contribution in [2.75, 3.05) is 41.3 Å². The van der Waals surface area contributed by atoms with Crippen molar-refractivity contribution < 1.29 is 4.79 Å². The number of benzene rings is 2. The van der Waals surface area contributed by atoms with Crippen LogP contribution in [0.4, 0.5) is 17.2 Å². The molecule has 142 valence electrons. The lowest BCUT2D eigenvalue weighted by Crippen LogP contribution is -2.46. The van der Waals surface area contributed by atoms with Crippen LogP contribution in [0.2, 0.25) is 0 Å². The molecule has 2 aromatic carbocycles. The second kappa shape index (κ2) is 8.57. The Bertz CT molecular complexity index is 889. The number of aromatic nitrogens is 1. The zero-order chi connectivity index (χ0) is 19.2. The first-order valence-corrected chi connectivity index (χ1v) is 9.63. The van der Waals surface area contributed by atoms with E-state index in [0.29, 0.717) is 6.42 Å². The highest BCUT2D eigenvalue weighted by Crippen LogP contribution is 2.20. The van der Waals surface area contributed by atoms with E-state index in [1.807, 2.05) is 48.5 Å². The minimum absolute atomic E-state index is 0.0303. The van der Waals surface area contributed by atoms with Gasteiger partial charge < -0.3 is 15.1 Å². The molecule has 0 atom stereocenters. The van der Waals surface area contributed by atoms with Crippen LogP contribution < -0.4 is 15.1 Å². The Hall–Kier alpha value is -3.34. The monoisotopic (exact) mass is 372 g/mol. The molecule has 5 heteroatoms. The maximum absolute atomic E-state index is 12.2. The van der Waals surface area contributed by atoms with E-state index < -0.39 is 0 Å². The number of nitrogens with one attached hydrogen (secondary N) is 1. The maximum atomic E-state index is 12.2. The second-order valence-corrected chi connectivity index (χ2v) is 6.93. The van der Waals surface area contributed by atoms with E-state index in [4.69, 9.17) is 0 Å². The minimum atomic E-state index is -0.0303. The van der Waals surface area contributed by atoms with Gasteiger partial charge in [-0.05, 0) is 29.8 Å².